The SMILES string of the molecule is COc1nc2ccc3nc(NC(=O)c4ccccc4O)sc3c2s1. The Morgan fingerprint density at radius 1 is 1.08 bits per heavy atom. The number of methoxy groups -OCH3 is 1. The maximum absolute atomic E-state index is 12.3. The van der Waals surface area contributed by atoms with Crippen LogP contribution in [-0.2, 0) is 0 Å². The van der Waals surface area contributed by atoms with E-state index in [1.807, 2.05) is 12.1 Å². The van der Waals surface area contributed by atoms with E-state index in [1.165, 1.54) is 28.7 Å². The van der Waals surface area contributed by atoms with Gasteiger partial charge in [0.1, 0.15) is 5.75 Å². The summed E-state index contributed by atoms with van der Waals surface area (Å²) in [7, 11) is 1.58. The molecule has 1 amide bonds. The highest BCUT2D eigenvalue weighted by atomic mass is 32.1. The normalized spacial score (nSPS) is 11.0. The number of hydrogen-bond acceptors (Lipinski definition) is 7. The third kappa shape index (κ3) is 2.45. The average molecular weight is 357 g/mol. The van der Waals surface area contributed by atoms with Crippen LogP contribution in [0.3, 0.4) is 0 Å². The van der Waals surface area contributed by atoms with Gasteiger partial charge in [0.25, 0.3) is 11.1 Å². The van der Waals surface area contributed by atoms with E-state index in [2.05, 4.69) is 15.3 Å². The number of nitrogens with zero attached hydrogens (tertiary/aromatic N) is 2. The quantitative estimate of drug-likeness (QED) is 0.581. The molecule has 0 aliphatic carbocycles. The Balaban J connectivity index is 1.72. The molecule has 4 aromatic rings. The first-order valence-corrected chi connectivity index (χ1v) is 8.62. The van der Waals surface area contributed by atoms with Gasteiger partial charge in [0.15, 0.2) is 5.13 Å². The van der Waals surface area contributed by atoms with Crippen LogP contribution >= 0.6 is 22.7 Å². The second-order valence-corrected chi connectivity index (χ2v) is 6.90. The number of fused-ring (bicyclic) bond motifs is 3. The Hall–Kier alpha value is -2.71. The summed E-state index contributed by atoms with van der Waals surface area (Å²) < 4.78 is 7.11. The molecule has 0 unspecified atom stereocenters. The van der Waals surface area contributed by atoms with Crippen LogP contribution in [0, 0.1) is 0 Å². The van der Waals surface area contributed by atoms with E-state index in [1.54, 1.807) is 25.3 Å². The molecule has 8 heteroatoms. The van der Waals surface area contributed by atoms with Gasteiger partial charge in [0.05, 0.1) is 33.1 Å². The lowest BCUT2D eigenvalue weighted by atomic mass is 10.2. The van der Waals surface area contributed by atoms with Gasteiger partial charge < -0.3 is 9.84 Å². The van der Waals surface area contributed by atoms with Crippen molar-refractivity contribution in [3.63, 3.8) is 0 Å². The zero-order chi connectivity index (χ0) is 16.7. The molecule has 0 radical (unpaired) electrons. The number of rotatable bonds is 3. The number of aromatic nitrogens is 2. The average Bonchev–Trinajstić information content (AvgIpc) is 3.17. The monoisotopic (exact) mass is 357 g/mol. The maximum atomic E-state index is 12.3. The molecule has 0 spiro atoms. The molecule has 6 nitrogen and oxygen atoms in total. The maximum Gasteiger partial charge on any atom is 0.274 e. The number of aromatic hydroxyl groups is 1. The highest BCUT2D eigenvalue weighted by Crippen LogP contribution is 2.38. The van der Waals surface area contributed by atoms with Crippen LogP contribution in [0.15, 0.2) is 36.4 Å². The number of carbonyl (C=O) groups is 1. The molecule has 2 aromatic carbocycles. The van der Waals surface area contributed by atoms with E-state index in [-0.39, 0.29) is 11.3 Å². The van der Waals surface area contributed by atoms with Crippen LogP contribution < -0.4 is 10.1 Å². The number of para-hydroxylation sites is 1. The van der Waals surface area contributed by atoms with E-state index < -0.39 is 5.91 Å². The van der Waals surface area contributed by atoms with Gasteiger partial charge in [0.2, 0.25) is 0 Å². The molecule has 0 saturated heterocycles. The molecular weight excluding hydrogens is 346 g/mol. The first kappa shape index (κ1) is 14.9. The lowest BCUT2D eigenvalue weighted by Crippen LogP contribution is -2.11. The molecular formula is C16H11N3O3S2. The highest BCUT2D eigenvalue weighted by Gasteiger charge is 2.15. The van der Waals surface area contributed by atoms with Crippen molar-refractivity contribution in [1.29, 1.82) is 0 Å². The standard InChI is InChI=1S/C16H11N3O3S2/c1-22-16-18-10-7-6-9-12(13(10)24-16)23-15(17-9)19-14(21)8-4-2-3-5-11(8)20/h2-7,20H,1H3,(H,17,19,21). The number of thiazole rings is 2. The number of amides is 1. The molecule has 0 fully saturated rings. The molecule has 0 atom stereocenters. The summed E-state index contributed by atoms with van der Waals surface area (Å²) >= 11 is 2.81. The van der Waals surface area contributed by atoms with Gasteiger partial charge in [-0.25, -0.2) is 9.97 Å². The fourth-order valence-electron chi connectivity index (χ4n) is 2.32. The van der Waals surface area contributed by atoms with Crippen LogP contribution in [-0.4, -0.2) is 28.1 Å². The van der Waals surface area contributed by atoms with E-state index in [0.29, 0.717) is 10.3 Å². The van der Waals surface area contributed by atoms with Gasteiger partial charge in [-0.15, -0.1) is 0 Å². The van der Waals surface area contributed by atoms with E-state index in [9.17, 15) is 9.90 Å². The van der Waals surface area contributed by atoms with Gasteiger partial charge in [-0.05, 0) is 24.3 Å². The Bertz CT molecular complexity index is 1070. The van der Waals surface area contributed by atoms with Gasteiger partial charge in [-0.1, -0.05) is 34.8 Å². The Morgan fingerprint density at radius 2 is 1.79 bits per heavy atom. The second-order valence-electron chi connectivity index (χ2n) is 4.94. The molecule has 0 aliphatic rings. The molecule has 0 aliphatic heterocycles. The minimum atomic E-state index is -0.398. The summed E-state index contributed by atoms with van der Waals surface area (Å²) in [4.78, 5) is 21.1. The lowest BCUT2D eigenvalue weighted by molar-refractivity contribution is 0.102. The van der Waals surface area contributed by atoms with Crippen molar-refractivity contribution >= 4 is 54.1 Å². The van der Waals surface area contributed by atoms with Crippen molar-refractivity contribution in [2.75, 3.05) is 12.4 Å². The molecule has 24 heavy (non-hydrogen) atoms. The first-order valence-electron chi connectivity index (χ1n) is 6.99. The minimum absolute atomic E-state index is 0.0642. The number of anilines is 1. The van der Waals surface area contributed by atoms with Crippen LogP contribution in [0.4, 0.5) is 5.13 Å². The summed E-state index contributed by atoms with van der Waals surface area (Å²) in [6, 6.07) is 10.1. The number of phenolic OH excluding ortho intramolecular Hbond substituents is 1. The predicted octanol–water partition coefficient (Wildman–Crippen LogP) is 3.87. The van der Waals surface area contributed by atoms with Crippen molar-refractivity contribution in [2.24, 2.45) is 0 Å². The van der Waals surface area contributed by atoms with Crippen molar-refractivity contribution in [2.45, 2.75) is 0 Å². The number of hydrogen-bond donors (Lipinski definition) is 2. The fourth-order valence-corrected chi connectivity index (χ4v) is 4.29. The summed E-state index contributed by atoms with van der Waals surface area (Å²) in [5.41, 5.74) is 1.83. The van der Waals surface area contributed by atoms with Gasteiger partial charge >= 0.3 is 0 Å². The Labute approximate surface area is 144 Å². The highest BCUT2D eigenvalue weighted by molar-refractivity contribution is 7.29. The topological polar surface area (TPSA) is 84.3 Å². The Morgan fingerprint density at radius 3 is 2.54 bits per heavy atom. The molecule has 4 rings (SSSR count). The molecule has 2 aromatic heterocycles. The number of phenols is 1. The Kier molecular flexibility index (Phi) is 3.55. The molecule has 2 N–H and O–H groups in total. The van der Waals surface area contributed by atoms with Crippen molar-refractivity contribution in [3.05, 3.63) is 42.0 Å². The fraction of sp³-hybridized carbons (Fsp3) is 0.0625. The van der Waals surface area contributed by atoms with E-state index in [0.717, 1.165) is 20.4 Å². The third-order valence-electron chi connectivity index (χ3n) is 3.44. The summed E-state index contributed by atoms with van der Waals surface area (Å²) in [6.45, 7) is 0. The van der Waals surface area contributed by atoms with Crippen LogP contribution in [0.2, 0.25) is 0 Å². The van der Waals surface area contributed by atoms with Crippen LogP contribution in [0.1, 0.15) is 10.4 Å². The minimum Gasteiger partial charge on any atom is -0.507 e. The summed E-state index contributed by atoms with van der Waals surface area (Å²) in [6.07, 6.45) is 0. The van der Waals surface area contributed by atoms with E-state index in [4.69, 9.17) is 4.74 Å². The predicted molar refractivity (Wildman–Crippen MR) is 95.4 cm³/mol. The van der Waals surface area contributed by atoms with Crippen molar-refractivity contribution in [1.82, 2.24) is 9.97 Å². The van der Waals surface area contributed by atoms with Gasteiger partial charge in [-0.2, -0.15) is 0 Å². The van der Waals surface area contributed by atoms with Crippen molar-refractivity contribution < 1.29 is 14.6 Å². The van der Waals surface area contributed by atoms with E-state index >= 15 is 0 Å². The largest absolute Gasteiger partial charge is 0.507 e. The number of benzene rings is 2. The van der Waals surface area contributed by atoms with Crippen LogP contribution in [0.5, 0.6) is 10.9 Å². The van der Waals surface area contributed by atoms with Gasteiger partial charge in [-0.3, -0.25) is 10.1 Å². The zero-order valence-corrected chi connectivity index (χ0v) is 14.1. The summed E-state index contributed by atoms with van der Waals surface area (Å²) in [5.74, 6) is -0.462. The van der Waals surface area contributed by atoms with Crippen LogP contribution in [0.25, 0.3) is 20.4 Å². The smallest absolute Gasteiger partial charge is 0.274 e. The number of ether oxygens (including phenoxy) is 1. The third-order valence-corrected chi connectivity index (χ3v) is 5.62. The first-order chi connectivity index (χ1) is 11.7. The summed E-state index contributed by atoms with van der Waals surface area (Å²) in [5, 5.41) is 13.6. The molecule has 120 valence electrons. The molecule has 0 saturated carbocycles. The zero-order valence-electron chi connectivity index (χ0n) is 12.4. The molecule has 2 heterocycles. The number of nitrogens with one attached hydrogen (secondary N) is 1. The van der Waals surface area contributed by atoms with Crippen molar-refractivity contribution in [3.8, 4) is 10.9 Å². The van der Waals surface area contributed by atoms with Gasteiger partial charge in [0, 0.05) is 0 Å². The molecule has 0 bridgehead atoms. The number of carbonyl (C=O) groups excluding carboxylic acids is 1. The lowest BCUT2D eigenvalue weighted by Gasteiger charge is -2.03. The second kappa shape index (κ2) is 5.73.